The van der Waals surface area contributed by atoms with E-state index in [1.807, 2.05) is 0 Å². The fourth-order valence-electron chi connectivity index (χ4n) is 3.69. The molecular formula is C23H23ClF3N5O2S2. The molecule has 192 valence electrons. The molecule has 4 rings (SSSR count). The second-order valence-electron chi connectivity index (χ2n) is 8.26. The quantitative estimate of drug-likeness (QED) is 0.325. The number of anilines is 4. The third-order valence-corrected chi connectivity index (χ3v) is 7.09. The Morgan fingerprint density at radius 1 is 0.972 bits per heavy atom. The third-order valence-electron chi connectivity index (χ3n) is 5.28. The summed E-state index contributed by atoms with van der Waals surface area (Å²) >= 11 is 7.01. The smallest absolute Gasteiger partial charge is 0.356 e. The van der Waals surface area contributed by atoms with Gasteiger partial charge in [-0.25, -0.2) is 18.4 Å². The highest BCUT2D eigenvalue weighted by Crippen LogP contribution is 2.37. The lowest BCUT2D eigenvalue weighted by Gasteiger charge is -2.28. The maximum atomic E-state index is 13.3. The number of sulfonamides is 1. The number of halogens is 4. The molecule has 0 saturated carbocycles. The summed E-state index contributed by atoms with van der Waals surface area (Å²) in [6.07, 6.45) is -0.333. The largest absolute Gasteiger partial charge is 0.417 e. The minimum atomic E-state index is -4.58. The van der Waals surface area contributed by atoms with Crippen LogP contribution in [0.1, 0.15) is 24.8 Å². The Morgan fingerprint density at radius 3 is 2.28 bits per heavy atom. The van der Waals surface area contributed by atoms with Gasteiger partial charge in [0.05, 0.1) is 16.8 Å². The molecular weight excluding hydrogens is 535 g/mol. The lowest BCUT2D eigenvalue weighted by Crippen LogP contribution is -2.30. The third kappa shape index (κ3) is 7.17. The zero-order chi connectivity index (χ0) is 25.9. The van der Waals surface area contributed by atoms with Crippen LogP contribution in [0.4, 0.5) is 36.2 Å². The molecule has 0 radical (unpaired) electrons. The first-order valence-electron chi connectivity index (χ1n) is 11.0. The van der Waals surface area contributed by atoms with Gasteiger partial charge in [-0.05, 0) is 73.5 Å². The van der Waals surface area contributed by atoms with Crippen LogP contribution < -0.4 is 14.9 Å². The first-order valence-corrected chi connectivity index (χ1v) is 14.1. The summed E-state index contributed by atoms with van der Waals surface area (Å²) in [7, 11) is -3.39. The van der Waals surface area contributed by atoms with Crippen molar-refractivity contribution < 1.29 is 21.6 Å². The molecule has 2 N–H and O–H groups in total. The van der Waals surface area contributed by atoms with E-state index in [9.17, 15) is 21.6 Å². The zero-order valence-corrected chi connectivity index (χ0v) is 21.5. The summed E-state index contributed by atoms with van der Waals surface area (Å²) in [4.78, 5) is 12.1. The van der Waals surface area contributed by atoms with Crippen molar-refractivity contribution in [2.75, 3.05) is 34.3 Å². The number of hydrogen-bond acceptors (Lipinski definition) is 7. The van der Waals surface area contributed by atoms with Crippen molar-refractivity contribution in [3.8, 4) is 0 Å². The number of nitrogens with zero attached hydrogens (tertiary/aromatic N) is 3. The second kappa shape index (κ2) is 10.7. The molecule has 1 aliphatic rings. The van der Waals surface area contributed by atoms with Crippen molar-refractivity contribution in [1.82, 2.24) is 9.97 Å². The maximum Gasteiger partial charge on any atom is 0.417 e. The van der Waals surface area contributed by atoms with Gasteiger partial charge in [0.15, 0.2) is 5.16 Å². The summed E-state index contributed by atoms with van der Waals surface area (Å²) in [5.41, 5.74) is -0.311. The van der Waals surface area contributed by atoms with E-state index >= 15 is 0 Å². The van der Waals surface area contributed by atoms with Crippen LogP contribution >= 0.6 is 23.4 Å². The van der Waals surface area contributed by atoms with Gasteiger partial charge in [-0.3, -0.25) is 4.72 Å². The Hall–Kier alpha value is -2.70. The van der Waals surface area contributed by atoms with E-state index in [1.54, 1.807) is 30.3 Å². The molecule has 13 heteroatoms. The molecule has 36 heavy (non-hydrogen) atoms. The molecule has 7 nitrogen and oxygen atoms in total. The molecule has 0 amide bonds. The van der Waals surface area contributed by atoms with Crippen LogP contribution in [0.2, 0.25) is 5.02 Å². The molecule has 2 aromatic carbocycles. The van der Waals surface area contributed by atoms with Gasteiger partial charge in [0.25, 0.3) is 0 Å². The number of benzene rings is 2. The molecule has 1 aromatic heterocycles. The van der Waals surface area contributed by atoms with Gasteiger partial charge in [-0.15, -0.1) is 0 Å². The standard InChI is InChI=1S/C23H23ClF3N5O2S2/c1-36(33,34)31-15-5-8-17(9-6-15)35-22-29-20(14-21(30-22)32-11-3-2-4-12-32)28-16-7-10-19(24)18(13-16)23(25,26)27/h5-10,13-14,31H,2-4,11-12H2,1H3,(H,28,29,30). The number of piperidine rings is 1. The minimum absolute atomic E-state index is 0.196. The first kappa shape index (κ1) is 26.4. The molecule has 0 atom stereocenters. The van der Waals surface area contributed by atoms with E-state index in [1.165, 1.54) is 23.9 Å². The minimum Gasteiger partial charge on any atom is -0.356 e. The normalized spacial score (nSPS) is 14.5. The lowest BCUT2D eigenvalue weighted by molar-refractivity contribution is -0.137. The van der Waals surface area contributed by atoms with E-state index in [-0.39, 0.29) is 10.7 Å². The van der Waals surface area contributed by atoms with Crippen LogP contribution in [0.5, 0.6) is 0 Å². The Balaban J connectivity index is 1.63. The predicted octanol–water partition coefficient (Wildman–Crippen LogP) is 6.41. The van der Waals surface area contributed by atoms with Crippen LogP contribution in [0.25, 0.3) is 0 Å². The molecule has 3 aromatic rings. The van der Waals surface area contributed by atoms with Crippen LogP contribution in [0, 0.1) is 0 Å². The predicted molar refractivity (Wildman–Crippen MR) is 137 cm³/mol. The number of nitrogens with one attached hydrogen (secondary N) is 2. The van der Waals surface area contributed by atoms with Gasteiger partial charge in [-0.1, -0.05) is 11.6 Å². The molecule has 2 heterocycles. The van der Waals surface area contributed by atoms with Crippen molar-refractivity contribution in [1.29, 1.82) is 0 Å². The maximum absolute atomic E-state index is 13.3. The molecule has 0 aliphatic carbocycles. The van der Waals surface area contributed by atoms with Gasteiger partial charge in [0.1, 0.15) is 11.6 Å². The summed E-state index contributed by atoms with van der Waals surface area (Å²) in [6, 6.07) is 12.0. The fourth-order valence-corrected chi connectivity index (χ4v) is 5.24. The highest BCUT2D eigenvalue weighted by Gasteiger charge is 2.33. The van der Waals surface area contributed by atoms with E-state index in [0.29, 0.717) is 22.5 Å². The number of rotatable bonds is 7. The highest BCUT2D eigenvalue weighted by molar-refractivity contribution is 7.99. The average Bonchev–Trinajstić information content (AvgIpc) is 2.80. The van der Waals surface area contributed by atoms with E-state index in [2.05, 4.69) is 24.9 Å². The Labute approximate surface area is 216 Å². The Kier molecular flexibility index (Phi) is 7.86. The zero-order valence-electron chi connectivity index (χ0n) is 19.1. The van der Waals surface area contributed by atoms with Gasteiger partial charge in [-0.2, -0.15) is 13.2 Å². The summed E-state index contributed by atoms with van der Waals surface area (Å²) in [5, 5.41) is 2.98. The summed E-state index contributed by atoms with van der Waals surface area (Å²) in [5.74, 6) is 1.02. The highest BCUT2D eigenvalue weighted by atomic mass is 35.5. The van der Waals surface area contributed by atoms with Crippen molar-refractivity contribution in [2.24, 2.45) is 0 Å². The topological polar surface area (TPSA) is 87.2 Å². The van der Waals surface area contributed by atoms with Crippen molar-refractivity contribution in [3.05, 3.63) is 59.1 Å². The van der Waals surface area contributed by atoms with E-state index in [0.717, 1.165) is 49.6 Å². The summed E-state index contributed by atoms with van der Waals surface area (Å²) < 4.78 is 65.2. The van der Waals surface area contributed by atoms with Crippen molar-refractivity contribution in [3.63, 3.8) is 0 Å². The lowest BCUT2D eigenvalue weighted by atomic mass is 10.1. The van der Waals surface area contributed by atoms with Gasteiger partial charge < -0.3 is 10.2 Å². The van der Waals surface area contributed by atoms with Crippen molar-refractivity contribution in [2.45, 2.75) is 35.5 Å². The summed E-state index contributed by atoms with van der Waals surface area (Å²) in [6.45, 7) is 1.65. The molecule has 0 spiro atoms. The SMILES string of the molecule is CS(=O)(=O)Nc1ccc(Sc2nc(Nc3ccc(Cl)c(C(F)(F)F)c3)cc(N3CCCCC3)n2)cc1. The van der Waals surface area contributed by atoms with E-state index < -0.39 is 21.8 Å². The van der Waals surface area contributed by atoms with Gasteiger partial charge >= 0.3 is 6.18 Å². The molecule has 0 bridgehead atoms. The molecule has 1 saturated heterocycles. The van der Waals surface area contributed by atoms with Crippen LogP contribution in [-0.4, -0.2) is 37.7 Å². The second-order valence-corrected chi connectivity index (χ2v) is 11.5. The van der Waals surface area contributed by atoms with Crippen molar-refractivity contribution >= 4 is 56.4 Å². The van der Waals surface area contributed by atoms with Crippen LogP contribution in [-0.2, 0) is 16.2 Å². The first-order chi connectivity index (χ1) is 17.0. The number of hydrogen-bond donors (Lipinski definition) is 2. The molecule has 0 unspecified atom stereocenters. The van der Waals surface area contributed by atoms with Crippen LogP contribution in [0.15, 0.2) is 58.6 Å². The van der Waals surface area contributed by atoms with Gasteiger partial charge in [0, 0.05) is 35.4 Å². The van der Waals surface area contributed by atoms with Gasteiger partial charge in [0.2, 0.25) is 10.0 Å². The molecule has 1 aliphatic heterocycles. The fraction of sp³-hybridized carbons (Fsp3) is 0.304. The molecule has 1 fully saturated rings. The Bertz CT molecular complexity index is 1330. The average molecular weight is 558 g/mol. The monoisotopic (exact) mass is 557 g/mol. The number of aromatic nitrogens is 2. The number of alkyl halides is 3. The van der Waals surface area contributed by atoms with E-state index in [4.69, 9.17) is 11.6 Å². The van der Waals surface area contributed by atoms with Crippen LogP contribution in [0.3, 0.4) is 0 Å². The Morgan fingerprint density at radius 2 is 1.64 bits per heavy atom.